The van der Waals surface area contributed by atoms with Gasteiger partial charge in [-0.25, -0.2) is 0 Å². The Morgan fingerprint density at radius 2 is 1.59 bits per heavy atom. The van der Waals surface area contributed by atoms with Gasteiger partial charge in [0, 0.05) is 12.2 Å². The molecule has 3 rings (SSSR count). The summed E-state index contributed by atoms with van der Waals surface area (Å²) in [6.07, 6.45) is 8.17. The molecule has 0 heterocycles. The lowest BCUT2D eigenvalue weighted by Crippen LogP contribution is -2.16. The van der Waals surface area contributed by atoms with Crippen molar-refractivity contribution in [2.24, 2.45) is 5.92 Å². The van der Waals surface area contributed by atoms with Crippen LogP contribution in [0.1, 0.15) is 64.9 Å². The minimum atomic E-state index is 0.0802. The minimum absolute atomic E-state index is 0.0802. The van der Waals surface area contributed by atoms with Crippen molar-refractivity contribution in [1.29, 1.82) is 0 Å². The first kappa shape index (κ1) is 21.5. The molecule has 0 unspecified atom stereocenters. The third-order valence-corrected chi connectivity index (χ3v) is 5.76. The highest BCUT2D eigenvalue weighted by Gasteiger charge is 2.18. The molecule has 0 aromatic heterocycles. The second kappa shape index (κ2) is 10.6. The van der Waals surface area contributed by atoms with E-state index in [0.717, 1.165) is 36.3 Å². The molecule has 1 saturated carbocycles. The first-order valence-corrected chi connectivity index (χ1v) is 11.2. The fourth-order valence-electron chi connectivity index (χ4n) is 4.06. The quantitative estimate of drug-likeness (QED) is 0.472. The normalized spacial score (nSPS) is 15.1. The molecule has 0 spiro atoms. The maximum atomic E-state index is 6.03. The molecule has 3 nitrogen and oxygen atoms in total. The highest BCUT2D eigenvalue weighted by atomic mass is 16.5. The Morgan fingerprint density at radius 1 is 0.862 bits per heavy atom. The third kappa shape index (κ3) is 6.99. The Morgan fingerprint density at radius 3 is 2.31 bits per heavy atom. The Kier molecular flexibility index (Phi) is 7.85. The van der Waals surface area contributed by atoms with E-state index in [-0.39, 0.29) is 5.41 Å². The maximum absolute atomic E-state index is 6.03. The molecule has 1 N–H and O–H groups in total. The molecule has 0 saturated heterocycles. The van der Waals surface area contributed by atoms with E-state index in [1.807, 2.05) is 6.07 Å². The van der Waals surface area contributed by atoms with Crippen LogP contribution in [0.15, 0.2) is 48.5 Å². The van der Waals surface area contributed by atoms with Crippen molar-refractivity contribution in [3.05, 3.63) is 54.1 Å². The number of nitrogens with one attached hydrogen (secondary N) is 1. The van der Waals surface area contributed by atoms with Gasteiger partial charge in [-0.2, -0.15) is 0 Å². The van der Waals surface area contributed by atoms with Crippen molar-refractivity contribution in [1.82, 2.24) is 0 Å². The summed E-state index contributed by atoms with van der Waals surface area (Å²) in [6.45, 7) is 8.87. The summed E-state index contributed by atoms with van der Waals surface area (Å²) < 4.78 is 12.0. The van der Waals surface area contributed by atoms with Gasteiger partial charge >= 0.3 is 0 Å². The molecule has 0 bridgehead atoms. The average molecular weight is 396 g/mol. The summed E-state index contributed by atoms with van der Waals surface area (Å²) in [4.78, 5) is 0. The van der Waals surface area contributed by atoms with Gasteiger partial charge in [0.15, 0.2) is 0 Å². The molecule has 1 fully saturated rings. The predicted octanol–water partition coefficient (Wildman–Crippen LogP) is 6.82. The van der Waals surface area contributed by atoms with Crippen LogP contribution in [0.5, 0.6) is 11.5 Å². The number of benzene rings is 2. The molecule has 0 amide bonds. The number of hydrogen-bond acceptors (Lipinski definition) is 3. The van der Waals surface area contributed by atoms with E-state index >= 15 is 0 Å². The molecule has 3 heteroatoms. The average Bonchev–Trinajstić information content (AvgIpc) is 2.73. The molecule has 29 heavy (non-hydrogen) atoms. The van der Waals surface area contributed by atoms with Crippen LogP contribution < -0.4 is 14.8 Å². The van der Waals surface area contributed by atoms with E-state index in [0.29, 0.717) is 6.61 Å². The summed E-state index contributed by atoms with van der Waals surface area (Å²) in [7, 11) is 0. The van der Waals surface area contributed by atoms with Crippen molar-refractivity contribution in [3.63, 3.8) is 0 Å². The zero-order valence-corrected chi connectivity index (χ0v) is 18.4. The molecule has 0 aliphatic heterocycles. The van der Waals surface area contributed by atoms with Crippen LogP contribution in [-0.4, -0.2) is 19.8 Å². The van der Waals surface area contributed by atoms with Crippen LogP contribution in [0.25, 0.3) is 0 Å². The van der Waals surface area contributed by atoms with Gasteiger partial charge in [-0.05, 0) is 53.6 Å². The second-order valence-electron chi connectivity index (χ2n) is 9.19. The fourth-order valence-corrected chi connectivity index (χ4v) is 4.06. The second-order valence-corrected chi connectivity index (χ2v) is 9.19. The molecule has 158 valence electrons. The molecular weight excluding hydrogens is 358 g/mol. The largest absolute Gasteiger partial charge is 0.494 e. The summed E-state index contributed by atoms with van der Waals surface area (Å²) in [5.74, 6) is 2.80. The van der Waals surface area contributed by atoms with Gasteiger partial charge in [0.2, 0.25) is 0 Å². The highest BCUT2D eigenvalue weighted by molar-refractivity contribution is 5.46. The Bertz CT molecular complexity index is 727. The molecule has 1 aliphatic carbocycles. The van der Waals surface area contributed by atoms with E-state index in [1.54, 1.807) is 0 Å². The van der Waals surface area contributed by atoms with Crippen LogP contribution in [0.2, 0.25) is 0 Å². The van der Waals surface area contributed by atoms with Crippen molar-refractivity contribution >= 4 is 5.69 Å². The van der Waals surface area contributed by atoms with Gasteiger partial charge in [-0.1, -0.05) is 71.1 Å². The monoisotopic (exact) mass is 395 g/mol. The zero-order valence-electron chi connectivity index (χ0n) is 18.4. The van der Waals surface area contributed by atoms with Crippen LogP contribution >= 0.6 is 0 Å². The van der Waals surface area contributed by atoms with Crippen molar-refractivity contribution < 1.29 is 9.47 Å². The lowest BCUT2D eigenvalue weighted by Gasteiger charge is -2.22. The first-order chi connectivity index (χ1) is 14.0. The lowest BCUT2D eigenvalue weighted by atomic mass is 9.86. The Hall–Kier alpha value is -2.16. The topological polar surface area (TPSA) is 30.5 Å². The Labute approximate surface area is 176 Å². The number of ether oxygens (including phenoxy) is 2. The SMILES string of the molecule is CC(C)(C)c1ccccc1OCCNc1ccc(OCCC2CCCCC2)cc1. The summed E-state index contributed by atoms with van der Waals surface area (Å²) in [5, 5.41) is 3.43. The van der Waals surface area contributed by atoms with E-state index < -0.39 is 0 Å². The van der Waals surface area contributed by atoms with Crippen LogP contribution in [-0.2, 0) is 5.41 Å². The smallest absolute Gasteiger partial charge is 0.123 e. The molecule has 2 aromatic carbocycles. The lowest BCUT2D eigenvalue weighted by molar-refractivity contribution is 0.246. The van der Waals surface area contributed by atoms with Crippen molar-refractivity contribution in [3.8, 4) is 11.5 Å². The van der Waals surface area contributed by atoms with Gasteiger partial charge < -0.3 is 14.8 Å². The standard InChI is InChI=1S/C26H37NO2/c1-26(2,3)24-11-7-8-12-25(24)29-20-18-27-22-13-15-23(16-14-22)28-19-17-21-9-5-4-6-10-21/h7-8,11-16,21,27H,4-6,9-10,17-20H2,1-3H3. The third-order valence-electron chi connectivity index (χ3n) is 5.76. The fraction of sp³-hybridized carbons (Fsp3) is 0.538. The number of hydrogen-bond donors (Lipinski definition) is 1. The van der Waals surface area contributed by atoms with E-state index in [9.17, 15) is 0 Å². The van der Waals surface area contributed by atoms with E-state index in [4.69, 9.17) is 9.47 Å². The minimum Gasteiger partial charge on any atom is -0.494 e. The number of rotatable bonds is 9. The van der Waals surface area contributed by atoms with Gasteiger partial charge in [-0.15, -0.1) is 0 Å². The zero-order chi connectivity index (χ0) is 20.5. The first-order valence-electron chi connectivity index (χ1n) is 11.2. The summed E-state index contributed by atoms with van der Waals surface area (Å²) in [6, 6.07) is 16.6. The van der Waals surface area contributed by atoms with Crippen LogP contribution in [0, 0.1) is 5.92 Å². The maximum Gasteiger partial charge on any atom is 0.123 e. The van der Waals surface area contributed by atoms with Crippen LogP contribution in [0.4, 0.5) is 5.69 Å². The van der Waals surface area contributed by atoms with Gasteiger partial charge in [-0.3, -0.25) is 0 Å². The Balaban J connectivity index is 1.37. The number of para-hydroxylation sites is 1. The number of anilines is 1. The highest BCUT2D eigenvalue weighted by Crippen LogP contribution is 2.31. The molecular formula is C26H37NO2. The molecule has 0 atom stereocenters. The van der Waals surface area contributed by atoms with Gasteiger partial charge in [0.25, 0.3) is 0 Å². The van der Waals surface area contributed by atoms with E-state index in [2.05, 4.69) is 68.6 Å². The van der Waals surface area contributed by atoms with Crippen molar-refractivity contribution in [2.45, 2.75) is 64.7 Å². The predicted molar refractivity (Wildman–Crippen MR) is 122 cm³/mol. The van der Waals surface area contributed by atoms with Gasteiger partial charge in [0.05, 0.1) is 6.61 Å². The summed E-state index contributed by atoms with van der Waals surface area (Å²) >= 11 is 0. The molecule has 2 aromatic rings. The molecule has 0 radical (unpaired) electrons. The summed E-state index contributed by atoms with van der Waals surface area (Å²) in [5.41, 5.74) is 2.42. The van der Waals surface area contributed by atoms with E-state index in [1.165, 1.54) is 44.1 Å². The van der Waals surface area contributed by atoms with Crippen molar-refractivity contribution in [2.75, 3.05) is 25.1 Å². The van der Waals surface area contributed by atoms with Gasteiger partial charge in [0.1, 0.15) is 18.1 Å². The van der Waals surface area contributed by atoms with Crippen LogP contribution in [0.3, 0.4) is 0 Å². The molecule has 1 aliphatic rings.